The number of ether oxygens (including phenoxy) is 5. The van der Waals surface area contributed by atoms with Crippen molar-refractivity contribution in [2.75, 3.05) is 6.61 Å². The molecule has 5 atom stereocenters. The van der Waals surface area contributed by atoms with Gasteiger partial charge in [0.15, 0.2) is 18.2 Å². The molecule has 1 saturated heterocycles. The summed E-state index contributed by atoms with van der Waals surface area (Å²) in [5.41, 5.74) is 3.78. The lowest BCUT2D eigenvalue weighted by Crippen LogP contribution is -2.79. The highest BCUT2D eigenvalue weighted by Crippen LogP contribution is 2.25. The molecule has 24 heavy (non-hydrogen) atoms. The zero-order valence-electron chi connectivity index (χ0n) is 14.0. The number of quaternary nitrogens is 1. The Kier molecular flexibility index (Phi) is 7.11. The summed E-state index contributed by atoms with van der Waals surface area (Å²) in [5.74, 6) is -2.50. The van der Waals surface area contributed by atoms with E-state index < -0.39 is 54.5 Å². The van der Waals surface area contributed by atoms with Gasteiger partial charge >= 0.3 is 23.9 Å². The molecule has 10 heteroatoms. The zero-order valence-corrected chi connectivity index (χ0v) is 14.0. The first-order valence-corrected chi connectivity index (χ1v) is 7.25. The number of hydrogen-bond acceptors (Lipinski definition) is 9. The van der Waals surface area contributed by atoms with Crippen molar-refractivity contribution in [3.05, 3.63) is 0 Å². The molecule has 2 unspecified atom stereocenters. The Morgan fingerprint density at radius 2 is 1.33 bits per heavy atom. The maximum absolute atomic E-state index is 11.4. The van der Waals surface area contributed by atoms with E-state index in [1.165, 1.54) is 27.7 Å². The van der Waals surface area contributed by atoms with Crippen LogP contribution in [0, 0.1) is 0 Å². The molecule has 1 aliphatic rings. The molecule has 0 amide bonds. The Balaban J connectivity index is 3.08. The standard InChI is InChI=1S/C14H21NO9/c1-6(16)20-5-10-12(21-7(2)17)13(22-8(3)18)11(15)14(24-10)23-9(4)19/h10-14H,5,15H2,1-4H3/p+1/t10?,11?,12-,13+,14+/m0/s1. The molecule has 0 radical (unpaired) electrons. The van der Waals surface area contributed by atoms with Crippen LogP contribution in [0.5, 0.6) is 0 Å². The van der Waals surface area contributed by atoms with Gasteiger partial charge in [-0.2, -0.15) is 0 Å². The van der Waals surface area contributed by atoms with Crippen molar-refractivity contribution < 1.29 is 48.6 Å². The van der Waals surface area contributed by atoms with E-state index in [4.69, 9.17) is 23.7 Å². The molecule has 0 saturated carbocycles. The second kappa shape index (κ2) is 8.60. The monoisotopic (exact) mass is 348 g/mol. The SMILES string of the molecule is CC(=O)OCC1O[C@@H](OC(C)=O)C([NH3+])[C@@H](OC(C)=O)[C@H]1OC(C)=O. The summed E-state index contributed by atoms with van der Waals surface area (Å²) in [4.78, 5) is 45.0. The molecule has 136 valence electrons. The van der Waals surface area contributed by atoms with E-state index in [1.54, 1.807) is 0 Å². The Morgan fingerprint density at radius 1 is 0.833 bits per heavy atom. The fourth-order valence-electron chi connectivity index (χ4n) is 2.25. The number of esters is 4. The van der Waals surface area contributed by atoms with Crippen LogP contribution in [0.15, 0.2) is 0 Å². The van der Waals surface area contributed by atoms with Crippen LogP contribution in [-0.4, -0.2) is 61.1 Å². The second-order valence-electron chi connectivity index (χ2n) is 5.27. The van der Waals surface area contributed by atoms with Gasteiger partial charge in [0.1, 0.15) is 12.7 Å². The van der Waals surface area contributed by atoms with Crippen LogP contribution in [0.3, 0.4) is 0 Å². The van der Waals surface area contributed by atoms with E-state index in [9.17, 15) is 19.2 Å². The van der Waals surface area contributed by atoms with Gasteiger partial charge in [-0.05, 0) is 0 Å². The minimum absolute atomic E-state index is 0.282. The average molecular weight is 348 g/mol. The molecule has 3 N–H and O–H groups in total. The third-order valence-electron chi connectivity index (χ3n) is 3.11. The first kappa shape index (κ1) is 19.8. The smallest absolute Gasteiger partial charge is 0.305 e. The highest BCUT2D eigenvalue weighted by atomic mass is 16.7. The lowest BCUT2D eigenvalue weighted by Gasteiger charge is -2.41. The molecule has 1 aliphatic heterocycles. The lowest BCUT2D eigenvalue weighted by molar-refractivity contribution is -0.496. The van der Waals surface area contributed by atoms with Crippen LogP contribution in [-0.2, 0) is 42.9 Å². The van der Waals surface area contributed by atoms with Crippen molar-refractivity contribution in [1.29, 1.82) is 0 Å². The Morgan fingerprint density at radius 3 is 1.79 bits per heavy atom. The quantitative estimate of drug-likeness (QED) is 0.455. The van der Waals surface area contributed by atoms with Gasteiger partial charge in [-0.1, -0.05) is 0 Å². The zero-order chi connectivity index (χ0) is 18.4. The fraction of sp³-hybridized carbons (Fsp3) is 0.714. The minimum atomic E-state index is -1.15. The van der Waals surface area contributed by atoms with Gasteiger partial charge in [-0.15, -0.1) is 0 Å². The highest BCUT2D eigenvalue weighted by molar-refractivity contribution is 5.68. The van der Waals surface area contributed by atoms with Crippen molar-refractivity contribution in [3.8, 4) is 0 Å². The molecule has 10 nitrogen and oxygen atoms in total. The van der Waals surface area contributed by atoms with Crippen LogP contribution < -0.4 is 5.73 Å². The molecule has 1 rings (SSSR count). The Hall–Kier alpha value is -2.20. The van der Waals surface area contributed by atoms with E-state index in [0.717, 1.165) is 0 Å². The summed E-state index contributed by atoms with van der Waals surface area (Å²) in [6, 6.07) is -0.851. The van der Waals surface area contributed by atoms with Crippen molar-refractivity contribution in [2.45, 2.75) is 58.3 Å². The molecule has 0 aromatic carbocycles. The maximum atomic E-state index is 11.4. The molecule has 0 aliphatic carbocycles. The van der Waals surface area contributed by atoms with Gasteiger partial charge in [-0.3, -0.25) is 19.2 Å². The van der Waals surface area contributed by atoms with Gasteiger partial charge in [-0.25, -0.2) is 0 Å². The summed E-state index contributed by atoms with van der Waals surface area (Å²) in [5, 5.41) is 0. The van der Waals surface area contributed by atoms with E-state index in [1.807, 2.05) is 0 Å². The molecule has 0 aromatic heterocycles. The van der Waals surface area contributed by atoms with Crippen LogP contribution >= 0.6 is 0 Å². The van der Waals surface area contributed by atoms with Crippen LogP contribution in [0.2, 0.25) is 0 Å². The first-order valence-electron chi connectivity index (χ1n) is 7.25. The molecular formula is C14H22NO9+. The second-order valence-corrected chi connectivity index (χ2v) is 5.27. The van der Waals surface area contributed by atoms with Gasteiger partial charge in [0.25, 0.3) is 6.29 Å². The van der Waals surface area contributed by atoms with E-state index >= 15 is 0 Å². The third-order valence-corrected chi connectivity index (χ3v) is 3.11. The van der Waals surface area contributed by atoms with E-state index in [2.05, 4.69) is 5.73 Å². The molecule has 0 bridgehead atoms. The fourth-order valence-corrected chi connectivity index (χ4v) is 2.25. The topological polar surface area (TPSA) is 142 Å². The highest BCUT2D eigenvalue weighted by Gasteiger charge is 2.52. The van der Waals surface area contributed by atoms with E-state index in [-0.39, 0.29) is 6.61 Å². The molecular weight excluding hydrogens is 326 g/mol. The van der Waals surface area contributed by atoms with Crippen molar-refractivity contribution in [2.24, 2.45) is 0 Å². The predicted octanol–water partition coefficient (Wildman–Crippen LogP) is -1.69. The summed E-state index contributed by atoms with van der Waals surface area (Å²) in [6.07, 6.45) is -4.26. The third kappa shape index (κ3) is 5.78. The largest absolute Gasteiger partial charge is 0.463 e. The predicted molar refractivity (Wildman–Crippen MR) is 74.8 cm³/mol. The van der Waals surface area contributed by atoms with E-state index in [0.29, 0.717) is 0 Å². The summed E-state index contributed by atoms with van der Waals surface area (Å²) < 4.78 is 25.8. The Bertz CT molecular complexity index is 490. The molecule has 0 aromatic rings. The number of rotatable bonds is 5. The molecule has 1 fully saturated rings. The van der Waals surface area contributed by atoms with Gasteiger partial charge in [0, 0.05) is 27.7 Å². The lowest BCUT2D eigenvalue weighted by atomic mass is 9.97. The average Bonchev–Trinajstić information content (AvgIpc) is 2.42. The number of carbonyl (C=O) groups is 4. The van der Waals surface area contributed by atoms with Crippen molar-refractivity contribution >= 4 is 23.9 Å². The van der Waals surface area contributed by atoms with Gasteiger partial charge < -0.3 is 29.4 Å². The summed E-state index contributed by atoms with van der Waals surface area (Å²) in [7, 11) is 0. The van der Waals surface area contributed by atoms with Crippen LogP contribution in [0.1, 0.15) is 27.7 Å². The first-order chi connectivity index (χ1) is 11.1. The van der Waals surface area contributed by atoms with Gasteiger partial charge in [0.2, 0.25) is 0 Å². The summed E-state index contributed by atoms with van der Waals surface area (Å²) >= 11 is 0. The number of carbonyl (C=O) groups excluding carboxylic acids is 4. The Labute approximate surface area is 138 Å². The maximum Gasteiger partial charge on any atom is 0.305 e. The normalized spacial score (nSPS) is 29.3. The van der Waals surface area contributed by atoms with Crippen LogP contribution in [0.4, 0.5) is 0 Å². The van der Waals surface area contributed by atoms with Gasteiger partial charge in [0.05, 0.1) is 0 Å². The van der Waals surface area contributed by atoms with Crippen molar-refractivity contribution in [1.82, 2.24) is 0 Å². The van der Waals surface area contributed by atoms with Crippen molar-refractivity contribution in [3.63, 3.8) is 0 Å². The summed E-state index contributed by atoms with van der Waals surface area (Å²) in [6.45, 7) is 4.44. The molecule has 1 heterocycles. The minimum Gasteiger partial charge on any atom is -0.463 e. The van der Waals surface area contributed by atoms with Crippen LogP contribution in [0.25, 0.3) is 0 Å². The molecule has 0 spiro atoms. The number of hydrogen-bond donors (Lipinski definition) is 1.